The van der Waals surface area contributed by atoms with E-state index < -0.39 is 0 Å². The summed E-state index contributed by atoms with van der Waals surface area (Å²) >= 11 is 0. The molecule has 0 saturated heterocycles. The van der Waals surface area contributed by atoms with Crippen LogP contribution in [0, 0.1) is 75.4 Å². The lowest BCUT2D eigenvalue weighted by molar-refractivity contribution is -0.160. The van der Waals surface area contributed by atoms with E-state index in [1.807, 2.05) is 0 Å². The Morgan fingerprint density at radius 2 is 1.52 bits per heavy atom. The number of rotatable bonds is 1. The molecule has 0 N–H and O–H groups in total. The Morgan fingerprint density at radius 1 is 0.889 bits per heavy atom. The highest BCUT2D eigenvalue weighted by molar-refractivity contribution is 5.95. The molecule has 7 fully saturated rings. The van der Waals surface area contributed by atoms with E-state index in [0.29, 0.717) is 65.0 Å². The molecule has 13 atom stereocenters. The molecule has 7 aliphatic rings. The third-order valence-corrected chi connectivity index (χ3v) is 12.1. The maximum atomic E-state index is 14.0. The summed E-state index contributed by atoms with van der Waals surface area (Å²) < 4.78 is 5.50. The number of carbonyl (C=O) groups is 2. The summed E-state index contributed by atoms with van der Waals surface area (Å²) in [4.78, 5) is 27.3. The van der Waals surface area contributed by atoms with E-state index in [0.717, 1.165) is 12.8 Å². The van der Waals surface area contributed by atoms with Crippen LogP contribution >= 0.6 is 0 Å². The van der Waals surface area contributed by atoms with Crippen molar-refractivity contribution >= 4 is 11.8 Å². The van der Waals surface area contributed by atoms with Crippen molar-refractivity contribution in [2.24, 2.45) is 75.4 Å². The van der Waals surface area contributed by atoms with Crippen molar-refractivity contribution in [2.45, 2.75) is 52.9 Å². The molecule has 0 aromatic carbocycles. The minimum absolute atomic E-state index is 0.0693. The zero-order valence-electron chi connectivity index (χ0n) is 17.0. The van der Waals surface area contributed by atoms with Gasteiger partial charge in [-0.05, 0) is 91.8 Å². The molecule has 0 bridgehead atoms. The molecule has 146 valence electrons. The minimum Gasteiger partial charge on any atom is -0.469 e. The lowest BCUT2D eigenvalue weighted by Gasteiger charge is -2.39. The van der Waals surface area contributed by atoms with Crippen molar-refractivity contribution in [3.8, 4) is 0 Å². The van der Waals surface area contributed by atoms with Crippen LogP contribution in [-0.4, -0.2) is 18.9 Å². The third kappa shape index (κ3) is 1.22. The minimum atomic E-state index is -0.309. The number of ketones is 1. The van der Waals surface area contributed by atoms with Gasteiger partial charge in [0, 0.05) is 10.8 Å². The van der Waals surface area contributed by atoms with Gasteiger partial charge in [0.1, 0.15) is 5.78 Å². The Hall–Kier alpha value is -0.860. The fourth-order valence-corrected chi connectivity index (χ4v) is 12.2. The van der Waals surface area contributed by atoms with Crippen molar-refractivity contribution in [3.63, 3.8) is 0 Å². The number of fused-ring (bicyclic) bond motifs is 5. The summed E-state index contributed by atoms with van der Waals surface area (Å²) in [5.74, 6) is 6.44. The molecule has 3 nitrogen and oxygen atoms in total. The van der Waals surface area contributed by atoms with Crippen LogP contribution in [0.5, 0.6) is 0 Å². The molecule has 0 aromatic heterocycles. The standard InChI is InChI=1S/C24H32O3/c1-22-9-8-12-17-14-13-15(23(2,20(22)25)19(14)18(12)22)10-6-5-7-11(10)16(13)24(17,3)21(26)27-4/h10-19H,5-9H2,1-4H3/t10-,11+,12+,13-,14-,15+,16+,17-,18-,19+,22-,23-,24-/m0/s1. The van der Waals surface area contributed by atoms with E-state index in [9.17, 15) is 9.59 Å². The zero-order valence-corrected chi connectivity index (χ0v) is 17.0. The average molecular weight is 369 g/mol. The second kappa shape index (κ2) is 4.19. The van der Waals surface area contributed by atoms with E-state index in [-0.39, 0.29) is 22.2 Å². The van der Waals surface area contributed by atoms with E-state index in [4.69, 9.17) is 4.74 Å². The Morgan fingerprint density at radius 3 is 2.22 bits per heavy atom. The van der Waals surface area contributed by atoms with Crippen LogP contribution in [0.15, 0.2) is 0 Å². The largest absolute Gasteiger partial charge is 0.469 e. The van der Waals surface area contributed by atoms with E-state index in [2.05, 4.69) is 20.8 Å². The zero-order chi connectivity index (χ0) is 18.7. The van der Waals surface area contributed by atoms with Crippen molar-refractivity contribution in [2.75, 3.05) is 7.11 Å². The highest BCUT2D eigenvalue weighted by atomic mass is 16.5. The topological polar surface area (TPSA) is 43.4 Å². The monoisotopic (exact) mass is 368 g/mol. The summed E-state index contributed by atoms with van der Waals surface area (Å²) in [5.41, 5.74) is -0.513. The van der Waals surface area contributed by atoms with Gasteiger partial charge in [0.25, 0.3) is 0 Å². The van der Waals surface area contributed by atoms with Gasteiger partial charge in [-0.2, -0.15) is 0 Å². The van der Waals surface area contributed by atoms with Gasteiger partial charge in [-0.25, -0.2) is 0 Å². The molecule has 3 heteroatoms. The second-order valence-electron chi connectivity index (χ2n) is 12.0. The van der Waals surface area contributed by atoms with Gasteiger partial charge in [-0.15, -0.1) is 0 Å². The van der Waals surface area contributed by atoms with Gasteiger partial charge in [0.2, 0.25) is 0 Å². The van der Waals surface area contributed by atoms with Crippen molar-refractivity contribution in [1.29, 1.82) is 0 Å². The molecule has 0 unspecified atom stereocenters. The van der Waals surface area contributed by atoms with Crippen LogP contribution in [-0.2, 0) is 14.3 Å². The number of hydrogen-bond acceptors (Lipinski definition) is 3. The summed E-state index contributed by atoms with van der Waals surface area (Å²) in [5, 5.41) is 0. The van der Waals surface area contributed by atoms with Crippen molar-refractivity contribution in [1.82, 2.24) is 0 Å². The highest BCUT2D eigenvalue weighted by Gasteiger charge is 2.89. The van der Waals surface area contributed by atoms with Crippen molar-refractivity contribution < 1.29 is 14.3 Å². The smallest absolute Gasteiger partial charge is 0.312 e. The first-order valence-corrected chi connectivity index (χ1v) is 11.5. The number of carbonyl (C=O) groups excluding carboxylic acids is 2. The van der Waals surface area contributed by atoms with E-state index in [1.54, 1.807) is 7.11 Å². The molecular weight excluding hydrogens is 336 g/mol. The SMILES string of the molecule is COC(=O)[C@@]1(C)[C@@H]2[C@@H]3CCC[C@@H]3[C@@H]3[C@@H]2[C@@H]2[C@@H]4[C@@H]5[C@H](CC[C@]5(C)C(=O)[C@@]34C)[C@@H]21. The third-order valence-electron chi connectivity index (χ3n) is 12.1. The van der Waals surface area contributed by atoms with Gasteiger partial charge in [0.05, 0.1) is 12.5 Å². The van der Waals surface area contributed by atoms with Crippen LogP contribution in [0.1, 0.15) is 52.9 Å². The molecular formula is C24H32O3. The lowest BCUT2D eigenvalue weighted by atomic mass is 9.64. The first kappa shape index (κ1) is 16.0. The second-order valence-corrected chi connectivity index (χ2v) is 12.0. The molecule has 0 spiro atoms. The summed E-state index contributed by atoms with van der Waals surface area (Å²) in [6.07, 6.45) is 6.07. The molecule has 0 aliphatic heterocycles. The lowest BCUT2D eigenvalue weighted by Crippen LogP contribution is -2.44. The van der Waals surface area contributed by atoms with Gasteiger partial charge in [-0.3, -0.25) is 9.59 Å². The Bertz CT molecular complexity index is 791. The highest BCUT2D eigenvalue weighted by Crippen LogP contribution is 2.89. The number of ether oxygens (including phenoxy) is 1. The summed E-state index contributed by atoms with van der Waals surface area (Å²) in [6.45, 7) is 6.98. The molecule has 0 aromatic rings. The van der Waals surface area contributed by atoms with Crippen LogP contribution in [0.25, 0.3) is 0 Å². The Balaban J connectivity index is 1.52. The fraction of sp³-hybridized carbons (Fsp3) is 0.917. The predicted molar refractivity (Wildman–Crippen MR) is 99.3 cm³/mol. The molecule has 7 aliphatic carbocycles. The Kier molecular flexibility index (Phi) is 2.48. The van der Waals surface area contributed by atoms with E-state index >= 15 is 0 Å². The van der Waals surface area contributed by atoms with Crippen LogP contribution in [0.4, 0.5) is 0 Å². The fourth-order valence-electron chi connectivity index (χ4n) is 12.2. The van der Waals surface area contributed by atoms with E-state index in [1.165, 1.54) is 19.3 Å². The van der Waals surface area contributed by atoms with Gasteiger partial charge in [0.15, 0.2) is 0 Å². The van der Waals surface area contributed by atoms with Crippen LogP contribution in [0.2, 0.25) is 0 Å². The maximum Gasteiger partial charge on any atom is 0.312 e. The summed E-state index contributed by atoms with van der Waals surface area (Å²) in [7, 11) is 1.60. The number of Topliss-reactive ketones (excluding diaryl/α,β-unsaturated/α-hetero) is 1. The first-order chi connectivity index (χ1) is 12.8. The quantitative estimate of drug-likeness (QED) is 0.658. The number of esters is 1. The van der Waals surface area contributed by atoms with Crippen molar-refractivity contribution in [3.05, 3.63) is 0 Å². The molecule has 0 amide bonds. The first-order valence-electron chi connectivity index (χ1n) is 11.5. The number of hydrogen-bond donors (Lipinski definition) is 0. The number of methoxy groups -OCH3 is 1. The van der Waals surface area contributed by atoms with Crippen LogP contribution < -0.4 is 0 Å². The van der Waals surface area contributed by atoms with Gasteiger partial charge >= 0.3 is 5.97 Å². The molecule has 0 heterocycles. The maximum absolute atomic E-state index is 14.0. The Labute approximate surface area is 162 Å². The molecule has 7 rings (SSSR count). The molecule has 7 saturated carbocycles. The average Bonchev–Trinajstić information content (AvgIpc) is 3.42. The van der Waals surface area contributed by atoms with Gasteiger partial charge < -0.3 is 4.74 Å². The molecule has 0 radical (unpaired) electrons. The van der Waals surface area contributed by atoms with Gasteiger partial charge in [-0.1, -0.05) is 20.3 Å². The summed E-state index contributed by atoms with van der Waals surface area (Å²) in [6, 6.07) is 0. The predicted octanol–water partition coefficient (Wildman–Crippen LogP) is 3.96. The normalized spacial score (nSPS) is 68.7. The van der Waals surface area contributed by atoms with Crippen LogP contribution in [0.3, 0.4) is 0 Å². The molecule has 27 heavy (non-hydrogen) atoms.